The molecule has 0 unspecified atom stereocenters. The molecular weight excluding hydrogens is 1150 g/mol. The molecule has 4 fully saturated rings. The predicted octanol–water partition coefficient (Wildman–Crippen LogP) is 5.63. The van der Waals surface area contributed by atoms with Gasteiger partial charge < -0.3 is 74.2 Å². The Bertz CT molecular complexity index is 2580. The van der Waals surface area contributed by atoms with Crippen LogP contribution >= 0.6 is 12.2 Å². The summed E-state index contributed by atoms with van der Waals surface area (Å²) >= 11 is 5.67. The summed E-state index contributed by atoms with van der Waals surface area (Å²) in [5.41, 5.74) is 9.18. The van der Waals surface area contributed by atoms with Crippen LogP contribution in [0, 0.1) is 29.6 Å². The van der Waals surface area contributed by atoms with E-state index in [4.69, 9.17) is 51.1 Å². The van der Waals surface area contributed by atoms with E-state index in [2.05, 4.69) is 20.2 Å². The fourth-order valence-corrected chi connectivity index (χ4v) is 13.0. The number of anilines is 1. The van der Waals surface area contributed by atoms with E-state index in [1.165, 1.54) is 12.0 Å². The molecule has 1 aliphatic carbocycles. The molecule has 2 amide bonds. The number of ketones is 2. The third-order valence-corrected chi connectivity index (χ3v) is 18.6. The van der Waals surface area contributed by atoms with Crippen LogP contribution in [0.4, 0.5) is 5.95 Å². The van der Waals surface area contributed by atoms with Gasteiger partial charge in [0.1, 0.15) is 30.5 Å². The first-order valence-corrected chi connectivity index (χ1v) is 32.2. The van der Waals surface area contributed by atoms with Crippen LogP contribution in [0.3, 0.4) is 0 Å². The van der Waals surface area contributed by atoms with Gasteiger partial charge in [-0.2, -0.15) is 0 Å². The number of aromatic nitrogens is 2. The lowest BCUT2D eigenvalue weighted by molar-refractivity contribution is -0.265. The number of methoxy groups -OCH3 is 3. The number of allylic oxidation sites excluding steroid dienone is 5. The number of piperidine rings is 1. The SMILES string of the molecule is CCOCCC(=O)N1CCN(c2ncc(CNC(=S)O[C@@H]3CC[C@@H](C[C@@H](N)[C@@H]4C[C@@H](OC)[C@H](C)/C=C(\C)[C@@H](O)[C@@H](O)C(=O)[C@H](C)C[C@H](C)/C=C/C=C/C=C(\C)[C@@H](OC)C[C@@H]5CC[C@@H](C)[C@@](O)(O5)C(=O)C(=O)N5CCCC[C@H]5C(=O)O4)C[C@H]3OC)cn2)CC1. The second kappa shape index (κ2) is 34.9. The fourth-order valence-electron chi connectivity index (χ4n) is 12.8. The molecule has 5 aliphatic rings. The number of aliphatic hydroxyl groups is 3. The second-order valence-electron chi connectivity index (χ2n) is 24.9. The van der Waals surface area contributed by atoms with Gasteiger partial charge in [0, 0.05) is 122 Å². The van der Waals surface area contributed by atoms with Crippen molar-refractivity contribution in [3.63, 3.8) is 0 Å². The Balaban J connectivity index is 1.16. The zero-order valence-electron chi connectivity index (χ0n) is 53.6. The average molecular weight is 1250 g/mol. The highest BCUT2D eigenvalue weighted by Gasteiger charge is 2.53. The van der Waals surface area contributed by atoms with Crippen molar-refractivity contribution < 1.29 is 72.5 Å². The second-order valence-corrected chi connectivity index (χ2v) is 25.3. The van der Waals surface area contributed by atoms with Gasteiger partial charge in [-0.25, -0.2) is 14.8 Å². The molecule has 0 radical (unpaired) electrons. The van der Waals surface area contributed by atoms with Gasteiger partial charge in [0.05, 0.1) is 37.4 Å². The summed E-state index contributed by atoms with van der Waals surface area (Å²) in [6.07, 6.45) is 13.4. The van der Waals surface area contributed by atoms with Crippen LogP contribution in [0.2, 0.25) is 0 Å². The van der Waals surface area contributed by atoms with Crippen molar-refractivity contribution in [2.24, 2.45) is 35.3 Å². The minimum atomic E-state index is -2.46. The third-order valence-electron chi connectivity index (χ3n) is 18.4. The molecule has 88 heavy (non-hydrogen) atoms. The number of carbonyl (C=O) groups excluding carboxylic acids is 5. The fraction of sp³-hybridized carbons (Fsp3) is 0.723. The quantitative estimate of drug-likeness (QED) is 0.0496. The Morgan fingerprint density at radius 3 is 2.24 bits per heavy atom. The number of rotatable bonds is 14. The molecule has 6 N–H and O–H groups in total. The molecule has 0 spiro atoms. The van der Waals surface area contributed by atoms with Gasteiger partial charge in [-0.3, -0.25) is 19.2 Å². The molecule has 1 aromatic heterocycles. The van der Waals surface area contributed by atoms with Crippen LogP contribution in [0.25, 0.3) is 0 Å². The summed E-state index contributed by atoms with van der Waals surface area (Å²) in [6.45, 7) is 16.5. The highest BCUT2D eigenvalue weighted by molar-refractivity contribution is 7.80. The number of piperazine rings is 1. The average Bonchev–Trinajstić information content (AvgIpc) is 1.08. The Morgan fingerprint density at radius 2 is 1.56 bits per heavy atom. The molecule has 3 saturated heterocycles. The number of amides is 2. The molecule has 22 nitrogen and oxygen atoms in total. The number of hydrogen-bond donors (Lipinski definition) is 5. The minimum Gasteiger partial charge on any atom is -0.465 e. The maximum absolute atomic E-state index is 14.8. The lowest BCUT2D eigenvalue weighted by Gasteiger charge is -2.43. The van der Waals surface area contributed by atoms with E-state index in [0.29, 0.717) is 128 Å². The smallest absolute Gasteiger partial charge is 0.329 e. The zero-order chi connectivity index (χ0) is 64.2. The van der Waals surface area contributed by atoms with E-state index < -0.39 is 95.7 Å². The van der Waals surface area contributed by atoms with E-state index in [1.54, 1.807) is 53.5 Å². The van der Waals surface area contributed by atoms with Crippen molar-refractivity contribution in [3.8, 4) is 0 Å². The predicted molar refractivity (Wildman–Crippen MR) is 335 cm³/mol. The Hall–Kier alpha value is -5.08. The maximum atomic E-state index is 14.8. The number of nitrogens with two attached hydrogens (primary N) is 1. The molecule has 1 saturated carbocycles. The van der Waals surface area contributed by atoms with E-state index in [9.17, 15) is 39.3 Å². The summed E-state index contributed by atoms with van der Waals surface area (Å²) in [5, 5.41) is 38.2. The summed E-state index contributed by atoms with van der Waals surface area (Å²) in [5.74, 6) is -7.07. The number of fused-ring (bicyclic) bond motifs is 3. The number of cyclic esters (lactones) is 1. The van der Waals surface area contributed by atoms with Crippen LogP contribution in [0.15, 0.2) is 60.0 Å². The van der Waals surface area contributed by atoms with E-state index in [0.717, 1.165) is 11.1 Å². The van der Waals surface area contributed by atoms with Gasteiger partial charge in [-0.05, 0) is 120 Å². The molecule has 23 heteroatoms. The Labute approximate surface area is 526 Å². The largest absolute Gasteiger partial charge is 0.465 e. The van der Waals surface area contributed by atoms with Crippen molar-refractivity contribution in [1.29, 1.82) is 0 Å². The standard InChI is InChI=1S/C65H101N7O15S/c1-11-84-30-24-56(73)70-26-28-71(29-27-70)63-67-37-47(38-68-63)39-69-64(88)86-51-23-21-46(34-55(51)83-10)33-49(66)54-36-53(82-9)42(4)32-44(6)58(75)59(76)57(74)43(5)31-40(2)17-13-12-14-18-41(3)52(81-8)35-48-22-20-45(7)65(80,87-48)60(77)61(78)72-25-16-15-19-50(72)62(79)85-54/h12-14,17-18,32,37-38,40,42-43,45-46,48-55,58-59,75-76,80H,11,15-16,19-31,33-36,39,66H2,1-10H3,(H,69,88)/b14-12+,17-13+,41-18+,44-32+/t40-,42-,43-,45-,46+,48+,49-,50+,51-,52+,53-,54+,55-,58-,59+,65-/m1/s1. The van der Waals surface area contributed by atoms with Crippen molar-refractivity contribution in [1.82, 2.24) is 25.1 Å². The topological polar surface area (TPSA) is 284 Å². The first kappa shape index (κ1) is 72.0. The van der Waals surface area contributed by atoms with Gasteiger partial charge in [0.15, 0.2) is 5.78 Å². The van der Waals surface area contributed by atoms with Crippen molar-refractivity contribution >= 4 is 52.7 Å². The molecule has 492 valence electrons. The zero-order valence-corrected chi connectivity index (χ0v) is 54.4. The normalized spacial score (nSPS) is 34.7. The monoisotopic (exact) mass is 1250 g/mol. The molecule has 2 bridgehead atoms. The van der Waals surface area contributed by atoms with Crippen LogP contribution < -0.4 is 16.0 Å². The van der Waals surface area contributed by atoms with Crippen molar-refractivity contribution in [2.75, 3.05) is 72.2 Å². The van der Waals surface area contributed by atoms with Gasteiger partial charge in [-0.1, -0.05) is 64.2 Å². The third kappa shape index (κ3) is 20.0. The number of Topliss-reactive ketones (excluding diaryl/α,β-unsaturated/α-hetero) is 2. The van der Waals surface area contributed by atoms with E-state index in [1.807, 2.05) is 63.0 Å². The van der Waals surface area contributed by atoms with Crippen molar-refractivity contribution in [2.45, 2.75) is 205 Å². The minimum absolute atomic E-state index is 0.0198. The summed E-state index contributed by atoms with van der Waals surface area (Å²) in [7, 11) is 4.70. The molecule has 16 atom stereocenters. The number of carbonyl (C=O) groups is 5. The molecule has 4 aliphatic heterocycles. The van der Waals surface area contributed by atoms with Crippen LogP contribution in [0.1, 0.15) is 138 Å². The van der Waals surface area contributed by atoms with Gasteiger partial charge in [0.2, 0.25) is 17.6 Å². The lowest BCUT2D eigenvalue weighted by atomic mass is 9.80. The van der Waals surface area contributed by atoms with Gasteiger partial charge in [-0.15, -0.1) is 0 Å². The summed E-state index contributed by atoms with van der Waals surface area (Å²) in [4.78, 5) is 84.2. The number of hydrogen-bond acceptors (Lipinski definition) is 20. The first-order chi connectivity index (χ1) is 42.0. The number of aliphatic hydroxyl groups excluding tert-OH is 2. The van der Waals surface area contributed by atoms with E-state index in [-0.39, 0.29) is 54.5 Å². The molecule has 5 heterocycles. The highest BCUT2D eigenvalue weighted by atomic mass is 32.1. The number of thiocarbonyl (C=S) groups is 1. The first-order valence-electron chi connectivity index (χ1n) is 31.8. The lowest BCUT2D eigenvalue weighted by Crippen LogP contribution is -2.61. The molecule has 0 aromatic carbocycles. The number of nitrogens with one attached hydrogen (secondary N) is 1. The van der Waals surface area contributed by atoms with E-state index >= 15 is 0 Å². The Morgan fingerprint density at radius 1 is 0.841 bits per heavy atom. The van der Waals surface area contributed by atoms with Crippen molar-refractivity contribution in [3.05, 3.63) is 65.6 Å². The molecular formula is C65H101N7O15S. The number of nitrogens with zero attached hydrogens (tertiary/aromatic N) is 5. The highest BCUT2D eigenvalue weighted by Crippen LogP contribution is 2.38. The summed E-state index contributed by atoms with van der Waals surface area (Å²) in [6, 6.07) is -1.96. The van der Waals surface area contributed by atoms with Crippen LogP contribution in [-0.2, 0) is 63.7 Å². The van der Waals surface area contributed by atoms with Gasteiger partial charge >= 0.3 is 5.97 Å². The van der Waals surface area contributed by atoms with Crippen LogP contribution in [0.5, 0.6) is 0 Å². The maximum Gasteiger partial charge on any atom is 0.329 e. The molecule has 6 rings (SSSR count). The van der Waals surface area contributed by atoms with Crippen LogP contribution in [-0.4, -0.2) is 204 Å². The molecule has 1 aromatic rings. The Kier molecular flexibility index (Phi) is 28.6. The number of ether oxygens (including phenoxy) is 7. The number of esters is 1. The summed E-state index contributed by atoms with van der Waals surface area (Å²) < 4.78 is 42.3. The van der Waals surface area contributed by atoms with Gasteiger partial charge in [0.25, 0.3) is 16.9 Å².